The standard InChI is InChI=1S/C16H23NO2/c1-11-5-6-14(18)13(9-11)15(19)17-8-7-12(10-17)16(2,3)4/h5-6,9,12,18H,7-8,10H2,1-4H3. The molecular formula is C16H23NO2. The summed E-state index contributed by atoms with van der Waals surface area (Å²) < 4.78 is 0. The SMILES string of the molecule is Cc1ccc(O)c(C(=O)N2CCC(C(C)(C)C)C2)c1. The van der Waals surface area contributed by atoms with Crippen molar-refractivity contribution in [2.45, 2.75) is 34.1 Å². The van der Waals surface area contributed by atoms with Crippen LogP contribution in [0, 0.1) is 18.3 Å². The first-order valence-electron chi connectivity index (χ1n) is 6.88. The van der Waals surface area contributed by atoms with Crippen LogP contribution >= 0.6 is 0 Å². The molecule has 1 aliphatic rings. The van der Waals surface area contributed by atoms with Crippen LogP contribution in [-0.4, -0.2) is 29.0 Å². The van der Waals surface area contributed by atoms with Gasteiger partial charge in [-0.3, -0.25) is 4.79 Å². The number of nitrogens with zero attached hydrogens (tertiary/aromatic N) is 1. The van der Waals surface area contributed by atoms with Crippen LogP contribution in [0.25, 0.3) is 0 Å². The van der Waals surface area contributed by atoms with E-state index < -0.39 is 0 Å². The topological polar surface area (TPSA) is 40.5 Å². The molecular weight excluding hydrogens is 238 g/mol. The van der Waals surface area contributed by atoms with E-state index in [4.69, 9.17) is 0 Å². The molecule has 1 heterocycles. The van der Waals surface area contributed by atoms with Gasteiger partial charge in [0.25, 0.3) is 5.91 Å². The summed E-state index contributed by atoms with van der Waals surface area (Å²) in [6.45, 7) is 10.2. The Hall–Kier alpha value is -1.51. The van der Waals surface area contributed by atoms with E-state index in [9.17, 15) is 9.90 Å². The lowest BCUT2D eigenvalue weighted by Crippen LogP contribution is -2.31. The van der Waals surface area contributed by atoms with Gasteiger partial charge in [0.2, 0.25) is 0 Å². The van der Waals surface area contributed by atoms with E-state index in [1.54, 1.807) is 12.1 Å². The minimum absolute atomic E-state index is 0.0482. The Bertz CT molecular complexity index is 488. The van der Waals surface area contributed by atoms with Gasteiger partial charge in [0, 0.05) is 13.1 Å². The van der Waals surface area contributed by atoms with Crippen LogP contribution in [0.1, 0.15) is 43.1 Å². The van der Waals surface area contributed by atoms with Gasteiger partial charge in [0.15, 0.2) is 0 Å². The molecule has 3 nitrogen and oxygen atoms in total. The largest absolute Gasteiger partial charge is 0.507 e. The summed E-state index contributed by atoms with van der Waals surface area (Å²) in [6.07, 6.45) is 1.04. The van der Waals surface area contributed by atoms with Crippen molar-refractivity contribution < 1.29 is 9.90 Å². The number of amides is 1. The van der Waals surface area contributed by atoms with Crippen molar-refractivity contribution >= 4 is 5.91 Å². The zero-order chi connectivity index (χ0) is 14.2. The summed E-state index contributed by atoms with van der Waals surface area (Å²) in [7, 11) is 0. The minimum atomic E-state index is -0.0482. The first kappa shape index (κ1) is 13.9. The number of rotatable bonds is 1. The number of carbonyl (C=O) groups excluding carboxylic acids is 1. The van der Waals surface area contributed by atoms with Crippen molar-refractivity contribution in [3.63, 3.8) is 0 Å². The normalized spacial score (nSPS) is 19.8. The van der Waals surface area contributed by atoms with Gasteiger partial charge in [0.05, 0.1) is 5.56 Å². The molecule has 1 aliphatic heterocycles. The van der Waals surface area contributed by atoms with Crippen molar-refractivity contribution in [2.24, 2.45) is 11.3 Å². The maximum Gasteiger partial charge on any atom is 0.257 e. The molecule has 1 N–H and O–H groups in total. The van der Waals surface area contributed by atoms with Gasteiger partial charge < -0.3 is 10.0 Å². The molecule has 0 bridgehead atoms. The second-order valence-corrected chi connectivity index (χ2v) is 6.62. The molecule has 19 heavy (non-hydrogen) atoms. The van der Waals surface area contributed by atoms with Crippen molar-refractivity contribution in [3.8, 4) is 5.75 Å². The maximum absolute atomic E-state index is 12.5. The van der Waals surface area contributed by atoms with E-state index in [0.29, 0.717) is 11.5 Å². The smallest absolute Gasteiger partial charge is 0.257 e. The Morgan fingerprint density at radius 3 is 2.63 bits per heavy atom. The number of aryl methyl sites for hydroxylation is 1. The first-order valence-corrected chi connectivity index (χ1v) is 6.88. The molecule has 1 unspecified atom stereocenters. The fourth-order valence-corrected chi connectivity index (χ4v) is 2.64. The molecule has 0 radical (unpaired) electrons. The maximum atomic E-state index is 12.5. The predicted octanol–water partition coefficient (Wildman–Crippen LogP) is 3.21. The van der Waals surface area contributed by atoms with E-state index in [1.165, 1.54) is 0 Å². The summed E-state index contributed by atoms with van der Waals surface area (Å²) in [5.41, 5.74) is 1.64. The zero-order valence-corrected chi connectivity index (χ0v) is 12.2. The molecule has 0 spiro atoms. The van der Waals surface area contributed by atoms with E-state index >= 15 is 0 Å². The lowest BCUT2D eigenvalue weighted by molar-refractivity contribution is 0.0773. The van der Waals surface area contributed by atoms with Gasteiger partial charge in [-0.1, -0.05) is 32.4 Å². The van der Waals surface area contributed by atoms with Crippen LogP contribution in [-0.2, 0) is 0 Å². The summed E-state index contributed by atoms with van der Waals surface area (Å²) >= 11 is 0. The fourth-order valence-electron chi connectivity index (χ4n) is 2.64. The zero-order valence-electron chi connectivity index (χ0n) is 12.2. The molecule has 1 amide bonds. The Balaban J connectivity index is 2.16. The highest BCUT2D eigenvalue weighted by Gasteiger charge is 2.34. The van der Waals surface area contributed by atoms with Crippen molar-refractivity contribution in [1.82, 2.24) is 4.90 Å². The third-order valence-electron chi connectivity index (χ3n) is 4.08. The van der Waals surface area contributed by atoms with Crippen molar-refractivity contribution in [1.29, 1.82) is 0 Å². The van der Waals surface area contributed by atoms with Crippen LogP contribution in [0.15, 0.2) is 18.2 Å². The minimum Gasteiger partial charge on any atom is -0.507 e. The number of likely N-dealkylation sites (tertiary alicyclic amines) is 1. The highest BCUT2D eigenvalue weighted by atomic mass is 16.3. The van der Waals surface area contributed by atoms with Gasteiger partial charge in [0.1, 0.15) is 5.75 Å². The van der Waals surface area contributed by atoms with Crippen molar-refractivity contribution in [3.05, 3.63) is 29.3 Å². The average Bonchev–Trinajstić information content (AvgIpc) is 2.80. The number of hydrogen-bond donors (Lipinski definition) is 1. The summed E-state index contributed by atoms with van der Waals surface area (Å²) in [4.78, 5) is 14.3. The average molecular weight is 261 g/mol. The Morgan fingerprint density at radius 2 is 2.05 bits per heavy atom. The predicted molar refractivity (Wildman–Crippen MR) is 76.3 cm³/mol. The van der Waals surface area contributed by atoms with Crippen molar-refractivity contribution in [2.75, 3.05) is 13.1 Å². The van der Waals surface area contributed by atoms with Gasteiger partial charge in [-0.25, -0.2) is 0 Å². The molecule has 0 saturated carbocycles. The summed E-state index contributed by atoms with van der Waals surface area (Å²) in [5, 5.41) is 9.84. The number of phenols is 1. The molecule has 1 aromatic rings. The first-order chi connectivity index (χ1) is 8.79. The molecule has 1 aromatic carbocycles. The quantitative estimate of drug-likeness (QED) is 0.843. The van der Waals surface area contributed by atoms with Crippen LogP contribution in [0.3, 0.4) is 0 Å². The number of benzene rings is 1. The molecule has 1 atom stereocenters. The lowest BCUT2D eigenvalue weighted by atomic mass is 9.80. The molecule has 3 heteroatoms. The highest BCUT2D eigenvalue weighted by molar-refractivity contribution is 5.97. The highest BCUT2D eigenvalue weighted by Crippen LogP contribution is 2.34. The van der Waals surface area contributed by atoms with Crippen LogP contribution in [0.2, 0.25) is 0 Å². The second kappa shape index (κ2) is 4.87. The van der Waals surface area contributed by atoms with E-state index in [0.717, 1.165) is 25.1 Å². The number of hydrogen-bond acceptors (Lipinski definition) is 2. The van der Waals surface area contributed by atoms with Crippen LogP contribution < -0.4 is 0 Å². The van der Waals surface area contributed by atoms with Gasteiger partial charge in [-0.2, -0.15) is 0 Å². The lowest BCUT2D eigenvalue weighted by Gasteiger charge is -2.27. The van der Waals surface area contributed by atoms with Crippen LogP contribution in [0.5, 0.6) is 5.75 Å². The van der Waals surface area contributed by atoms with E-state index in [1.807, 2.05) is 17.9 Å². The van der Waals surface area contributed by atoms with Gasteiger partial charge in [-0.05, 0) is 36.8 Å². The van der Waals surface area contributed by atoms with E-state index in [-0.39, 0.29) is 17.1 Å². The third-order valence-corrected chi connectivity index (χ3v) is 4.08. The Morgan fingerprint density at radius 1 is 1.37 bits per heavy atom. The molecule has 1 saturated heterocycles. The molecule has 104 valence electrons. The molecule has 0 aromatic heterocycles. The summed E-state index contributed by atoms with van der Waals surface area (Å²) in [5.74, 6) is 0.561. The molecule has 1 fully saturated rings. The fraction of sp³-hybridized carbons (Fsp3) is 0.562. The number of phenolic OH excluding ortho intramolecular Hbond substituents is 1. The molecule has 0 aliphatic carbocycles. The van der Waals surface area contributed by atoms with Gasteiger partial charge in [-0.15, -0.1) is 0 Å². The third kappa shape index (κ3) is 2.91. The number of aromatic hydroxyl groups is 1. The number of carbonyl (C=O) groups is 1. The molecule has 2 rings (SSSR count). The monoisotopic (exact) mass is 261 g/mol. The second-order valence-electron chi connectivity index (χ2n) is 6.62. The Labute approximate surface area is 115 Å². The Kier molecular flexibility index (Phi) is 3.57. The van der Waals surface area contributed by atoms with Crippen LogP contribution in [0.4, 0.5) is 0 Å². The van der Waals surface area contributed by atoms with Gasteiger partial charge >= 0.3 is 0 Å². The van der Waals surface area contributed by atoms with E-state index in [2.05, 4.69) is 20.8 Å². The summed E-state index contributed by atoms with van der Waals surface area (Å²) in [6, 6.07) is 5.18.